The van der Waals surface area contributed by atoms with Crippen molar-refractivity contribution in [2.75, 3.05) is 33.2 Å². The molecule has 74 valence electrons. The van der Waals surface area contributed by atoms with Gasteiger partial charge in [0.2, 0.25) is 0 Å². The zero-order valence-electron chi connectivity index (χ0n) is 8.31. The fraction of sp³-hybridized carbons (Fsp3) is 0.900. The van der Waals surface area contributed by atoms with Crippen molar-refractivity contribution in [3.8, 4) is 0 Å². The molecular weight excluding hydrogens is 164 g/mol. The van der Waals surface area contributed by atoms with E-state index < -0.39 is 0 Å². The summed E-state index contributed by atoms with van der Waals surface area (Å²) >= 11 is 0. The minimum Gasteiger partial charge on any atom is -0.316 e. The van der Waals surface area contributed by atoms with Gasteiger partial charge in [0.25, 0.3) is 0 Å². The summed E-state index contributed by atoms with van der Waals surface area (Å²) in [7, 11) is 2.11. The molecule has 0 saturated carbocycles. The number of piperidine rings is 2. The number of nitrogens with zero attached hydrogens (tertiary/aromatic N) is 1. The molecule has 0 aromatic heterocycles. The maximum absolute atomic E-state index is 11.8. The molecule has 0 radical (unpaired) electrons. The molecule has 2 rings (SSSR count). The Morgan fingerprint density at radius 3 is 3.08 bits per heavy atom. The van der Waals surface area contributed by atoms with E-state index in [4.69, 9.17) is 0 Å². The topological polar surface area (TPSA) is 32.3 Å². The molecule has 2 aliphatic rings. The van der Waals surface area contributed by atoms with Gasteiger partial charge in [0.05, 0.1) is 5.41 Å². The summed E-state index contributed by atoms with van der Waals surface area (Å²) < 4.78 is 0. The fourth-order valence-corrected chi connectivity index (χ4v) is 2.58. The number of likely N-dealkylation sites (tertiary alicyclic amines) is 1. The number of rotatable bonds is 0. The molecule has 1 N–H and O–H groups in total. The number of carbonyl (C=O) groups excluding carboxylic acids is 1. The Morgan fingerprint density at radius 2 is 2.38 bits per heavy atom. The lowest BCUT2D eigenvalue weighted by atomic mass is 9.73. The van der Waals surface area contributed by atoms with Gasteiger partial charge in [-0.25, -0.2) is 0 Å². The van der Waals surface area contributed by atoms with E-state index in [2.05, 4.69) is 17.3 Å². The molecule has 1 unspecified atom stereocenters. The normalized spacial score (nSPS) is 36.8. The largest absolute Gasteiger partial charge is 0.316 e. The van der Waals surface area contributed by atoms with Crippen LogP contribution in [-0.2, 0) is 4.79 Å². The summed E-state index contributed by atoms with van der Waals surface area (Å²) in [4.78, 5) is 14.1. The predicted octanol–water partition coefficient (Wildman–Crippen LogP) is 0.261. The van der Waals surface area contributed by atoms with Crippen molar-refractivity contribution >= 4 is 5.78 Å². The Labute approximate surface area is 79.5 Å². The highest BCUT2D eigenvalue weighted by atomic mass is 16.1. The van der Waals surface area contributed by atoms with Crippen LogP contribution in [-0.4, -0.2) is 43.9 Å². The number of carbonyl (C=O) groups is 1. The van der Waals surface area contributed by atoms with E-state index >= 15 is 0 Å². The second kappa shape index (κ2) is 3.39. The lowest BCUT2D eigenvalue weighted by Gasteiger charge is -2.42. The minimum absolute atomic E-state index is 0.0365. The number of hydrogen-bond acceptors (Lipinski definition) is 3. The number of hydrogen-bond donors (Lipinski definition) is 1. The highest BCUT2D eigenvalue weighted by Gasteiger charge is 2.42. The second-order valence-electron chi connectivity index (χ2n) is 4.47. The lowest BCUT2D eigenvalue weighted by molar-refractivity contribution is -0.134. The molecule has 2 fully saturated rings. The maximum Gasteiger partial charge on any atom is 0.142 e. The number of nitrogens with one attached hydrogen (secondary N) is 1. The monoisotopic (exact) mass is 182 g/mol. The van der Waals surface area contributed by atoms with Crippen LogP contribution < -0.4 is 5.32 Å². The summed E-state index contributed by atoms with van der Waals surface area (Å²) in [6.07, 6.45) is 2.99. The van der Waals surface area contributed by atoms with Gasteiger partial charge in [-0.15, -0.1) is 0 Å². The van der Waals surface area contributed by atoms with Crippen LogP contribution in [0.15, 0.2) is 0 Å². The van der Waals surface area contributed by atoms with Gasteiger partial charge in [0.15, 0.2) is 0 Å². The lowest BCUT2D eigenvalue weighted by Crippen LogP contribution is -2.55. The molecule has 13 heavy (non-hydrogen) atoms. The van der Waals surface area contributed by atoms with Gasteiger partial charge in [-0.2, -0.15) is 0 Å². The van der Waals surface area contributed by atoms with E-state index in [0.717, 1.165) is 45.4 Å². The molecule has 2 saturated heterocycles. The van der Waals surface area contributed by atoms with Crippen molar-refractivity contribution in [3.63, 3.8) is 0 Å². The molecule has 2 heterocycles. The second-order valence-corrected chi connectivity index (χ2v) is 4.47. The molecular formula is C10H18N2O. The highest BCUT2D eigenvalue weighted by molar-refractivity contribution is 5.86. The van der Waals surface area contributed by atoms with Crippen molar-refractivity contribution in [2.24, 2.45) is 5.41 Å². The summed E-state index contributed by atoms with van der Waals surface area (Å²) in [5.74, 6) is 0.484. The average molecular weight is 182 g/mol. The third-order valence-electron chi connectivity index (χ3n) is 3.36. The Balaban J connectivity index is 2.11. The third kappa shape index (κ3) is 1.63. The van der Waals surface area contributed by atoms with Gasteiger partial charge in [0, 0.05) is 26.1 Å². The van der Waals surface area contributed by atoms with Crippen molar-refractivity contribution < 1.29 is 4.79 Å². The Hall–Kier alpha value is -0.410. The number of Topliss-reactive ketones (excluding diaryl/α,β-unsaturated/α-hetero) is 1. The molecule has 0 aromatic carbocycles. The molecule has 0 bridgehead atoms. The van der Waals surface area contributed by atoms with Crippen LogP contribution in [0.3, 0.4) is 0 Å². The highest BCUT2D eigenvalue weighted by Crippen LogP contribution is 2.32. The van der Waals surface area contributed by atoms with Crippen molar-refractivity contribution in [3.05, 3.63) is 0 Å². The van der Waals surface area contributed by atoms with Gasteiger partial charge < -0.3 is 10.2 Å². The predicted molar refractivity (Wildman–Crippen MR) is 51.7 cm³/mol. The smallest absolute Gasteiger partial charge is 0.142 e. The molecule has 3 nitrogen and oxygen atoms in total. The Morgan fingerprint density at radius 1 is 1.54 bits per heavy atom. The zero-order valence-corrected chi connectivity index (χ0v) is 8.31. The average Bonchev–Trinajstić information content (AvgIpc) is 2.14. The standard InChI is InChI=1S/C10H18N2O/c1-12-6-3-9(13)10(8-12)4-2-5-11-7-10/h11H,2-8H2,1H3. The third-order valence-corrected chi connectivity index (χ3v) is 3.36. The molecule has 3 heteroatoms. The van der Waals surface area contributed by atoms with Gasteiger partial charge in [0.1, 0.15) is 5.78 Å². The van der Waals surface area contributed by atoms with Crippen molar-refractivity contribution in [1.82, 2.24) is 10.2 Å². The van der Waals surface area contributed by atoms with E-state index in [9.17, 15) is 4.79 Å². The summed E-state index contributed by atoms with van der Waals surface area (Å²) in [5, 5.41) is 3.35. The van der Waals surface area contributed by atoms with Gasteiger partial charge >= 0.3 is 0 Å². The van der Waals surface area contributed by atoms with Crippen molar-refractivity contribution in [1.29, 1.82) is 0 Å². The summed E-state index contributed by atoms with van der Waals surface area (Å²) in [5.41, 5.74) is -0.0365. The first kappa shape index (κ1) is 9.16. The first-order valence-corrected chi connectivity index (χ1v) is 5.16. The molecule has 0 amide bonds. The molecule has 2 aliphatic heterocycles. The number of ketones is 1. The zero-order chi connectivity index (χ0) is 9.31. The molecule has 1 atom stereocenters. The van der Waals surface area contributed by atoms with E-state index in [1.807, 2.05) is 0 Å². The van der Waals surface area contributed by atoms with Crippen LogP contribution in [0.25, 0.3) is 0 Å². The van der Waals surface area contributed by atoms with Crippen LogP contribution in [0.2, 0.25) is 0 Å². The van der Waals surface area contributed by atoms with Crippen LogP contribution >= 0.6 is 0 Å². The summed E-state index contributed by atoms with van der Waals surface area (Å²) in [6, 6.07) is 0. The van der Waals surface area contributed by atoms with Gasteiger partial charge in [-0.3, -0.25) is 4.79 Å². The first-order chi connectivity index (χ1) is 6.23. The van der Waals surface area contributed by atoms with E-state index in [1.165, 1.54) is 0 Å². The van der Waals surface area contributed by atoms with E-state index in [-0.39, 0.29) is 5.41 Å². The van der Waals surface area contributed by atoms with Crippen LogP contribution in [0, 0.1) is 5.41 Å². The molecule has 0 aliphatic carbocycles. The minimum atomic E-state index is -0.0365. The maximum atomic E-state index is 11.8. The Kier molecular flexibility index (Phi) is 2.39. The van der Waals surface area contributed by atoms with E-state index in [1.54, 1.807) is 0 Å². The van der Waals surface area contributed by atoms with Crippen LogP contribution in [0.1, 0.15) is 19.3 Å². The first-order valence-electron chi connectivity index (χ1n) is 5.16. The van der Waals surface area contributed by atoms with Crippen LogP contribution in [0.4, 0.5) is 0 Å². The van der Waals surface area contributed by atoms with Gasteiger partial charge in [-0.05, 0) is 26.4 Å². The van der Waals surface area contributed by atoms with Crippen molar-refractivity contribution in [2.45, 2.75) is 19.3 Å². The fourth-order valence-electron chi connectivity index (χ4n) is 2.58. The quantitative estimate of drug-likeness (QED) is 0.583. The molecule has 0 aromatic rings. The molecule has 1 spiro atoms. The Bertz CT molecular complexity index is 209. The van der Waals surface area contributed by atoms with E-state index in [0.29, 0.717) is 5.78 Å². The van der Waals surface area contributed by atoms with Gasteiger partial charge in [-0.1, -0.05) is 0 Å². The van der Waals surface area contributed by atoms with Crippen LogP contribution in [0.5, 0.6) is 0 Å². The SMILES string of the molecule is CN1CCC(=O)C2(CCCNC2)C1. The summed E-state index contributed by atoms with van der Waals surface area (Å²) in [6.45, 7) is 3.88.